The van der Waals surface area contributed by atoms with Gasteiger partial charge in [0.05, 0.1) is 0 Å². The number of aryl methyl sites for hydroxylation is 2. The molecule has 5 heteroatoms. The van der Waals surface area contributed by atoms with Crippen molar-refractivity contribution in [1.29, 1.82) is 0 Å². The van der Waals surface area contributed by atoms with E-state index < -0.39 is 17.0 Å². The summed E-state index contributed by atoms with van der Waals surface area (Å²) in [6.45, 7) is 4.14. The first-order chi connectivity index (χ1) is 12.2. The Morgan fingerprint density at radius 3 is 1.16 bits per heavy atom. The Balaban J connectivity index is 0.000000701. The van der Waals surface area contributed by atoms with Crippen molar-refractivity contribution in [3.8, 4) is 0 Å². The van der Waals surface area contributed by atoms with Crippen molar-refractivity contribution in [2.45, 2.75) is 13.8 Å². The van der Waals surface area contributed by atoms with Gasteiger partial charge in [-0.05, 0) is 13.8 Å². The van der Waals surface area contributed by atoms with Gasteiger partial charge in [-0.25, -0.2) is 0 Å². The molecule has 0 radical (unpaired) electrons. The van der Waals surface area contributed by atoms with Gasteiger partial charge in [0.1, 0.15) is 0 Å². The zero-order valence-electron chi connectivity index (χ0n) is 14.1. The molecule has 0 fully saturated rings. The van der Waals surface area contributed by atoms with Gasteiger partial charge in [0.15, 0.2) is 0 Å². The molecular weight excluding hydrogens is 387 g/mol. The third kappa shape index (κ3) is 6.09. The van der Waals surface area contributed by atoms with Gasteiger partial charge in [-0.3, -0.25) is 0 Å². The van der Waals surface area contributed by atoms with Crippen molar-refractivity contribution in [3.05, 3.63) is 94.6 Å². The SMILES string of the molecule is Cc1ccccc1[N-]c1ccccc1[N-]c1ccccc1C.[Cl][Ti][Cl]. The number of benzene rings is 3. The Morgan fingerprint density at radius 2 is 0.840 bits per heavy atom. The topological polar surface area (TPSA) is 28.2 Å². The van der Waals surface area contributed by atoms with Gasteiger partial charge in [-0.15, -0.1) is 11.4 Å². The summed E-state index contributed by atoms with van der Waals surface area (Å²) in [5.41, 5.74) is 6.06. The minimum absolute atomic E-state index is 0.556. The van der Waals surface area contributed by atoms with Crippen molar-refractivity contribution in [2.75, 3.05) is 0 Å². The molecule has 2 nitrogen and oxygen atoms in total. The van der Waals surface area contributed by atoms with E-state index in [1.54, 1.807) is 0 Å². The van der Waals surface area contributed by atoms with Crippen LogP contribution in [0.4, 0.5) is 22.7 Å². The van der Waals surface area contributed by atoms with Crippen molar-refractivity contribution < 1.29 is 17.0 Å². The summed E-state index contributed by atoms with van der Waals surface area (Å²) in [6, 6.07) is 24.3. The van der Waals surface area contributed by atoms with Crippen molar-refractivity contribution >= 4 is 41.4 Å². The quantitative estimate of drug-likeness (QED) is 0.390. The number of hydrogen-bond donors (Lipinski definition) is 0. The molecule has 0 unspecified atom stereocenters. The summed E-state index contributed by atoms with van der Waals surface area (Å²) >= 11 is -0.556. The molecule has 0 bridgehead atoms. The Bertz CT molecular complexity index is 742. The van der Waals surface area contributed by atoms with E-state index in [0.29, 0.717) is 0 Å². The number of rotatable bonds is 4. The summed E-state index contributed by atoms with van der Waals surface area (Å²) in [7, 11) is 9.78. The van der Waals surface area contributed by atoms with Crippen LogP contribution in [0.15, 0.2) is 72.8 Å². The van der Waals surface area contributed by atoms with Gasteiger partial charge < -0.3 is 10.6 Å². The predicted molar refractivity (Wildman–Crippen MR) is 106 cm³/mol. The van der Waals surface area contributed by atoms with Crippen molar-refractivity contribution in [3.63, 3.8) is 0 Å². The number of halogens is 2. The van der Waals surface area contributed by atoms with Crippen LogP contribution in [0.1, 0.15) is 11.1 Å². The normalized spacial score (nSPS) is 9.60. The first kappa shape index (κ1) is 19.9. The summed E-state index contributed by atoms with van der Waals surface area (Å²) in [6.07, 6.45) is 0. The molecule has 3 aromatic rings. The Labute approximate surface area is 166 Å². The first-order valence-electron chi connectivity index (χ1n) is 7.75. The maximum absolute atomic E-state index is 4.89. The molecule has 3 rings (SSSR count). The zero-order valence-corrected chi connectivity index (χ0v) is 17.2. The van der Waals surface area contributed by atoms with Gasteiger partial charge in [0.25, 0.3) is 0 Å². The fourth-order valence-corrected chi connectivity index (χ4v) is 2.29. The van der Waals surface area contributed by atoms with Crippen LogP contribution in [0.5, 0.6) is 0 Å². The standard InChI is InChI=1S/C20H18N2.2ClH.Ti/c1-15-9-3-5-11-17(15)21-19-13-7-8-14-20(19)22-18-12-6-4-10-16(18)2;;;/h3-14H,1-2H3;2*1H;/q-2;;;+2/p-2. The van der Waals surface area contributed by atoms with E-state index in [1.165, 1.54) is 0 Å². The fraction of sp³-hybridized carbons (Fsp3) is 0.100. The Hall–Kier alpha value is -1.45. The molecule has 0 heterocycles. The maximum atomic E-state index is 4.89. The molecule has 0 aliphatic carbocycles. The fourth-order valence-electron chi connectivity index (χ4n) is 2.29. The van der Waals surface area contributed by atoms with Crippen molar-refractivity contribution in [2.24, 2.45) is 0 Å². The van der Waals surface area contributed by atoms with Crippen LogP contribution >= 0.6 is 18.6 Å². The summed E-state index contributed by atoms with van der Waals surface area (Å²) in [4.78, 5) is 0. The van der Waals surface area contributed by atoms with E-state index in [9.17, 15) is 0 Å². The van der Waals surface area contributed by atoms with Crippen LogP contribution in [0.3, 0.4) is 0 Å². The first-order valence-corrected chi connectivity index (χ1v) is 12.1. The minimum atomic E-state index is -0.556. The van der Waals surface area contributed by atoms with E-state index in [0.717, 1.165) is 33.9 Å². The van der Waals surface area contributed by atoms with Gasteiger partial charge in [-0.1, -0.05) is 83.9 Å². The van der Waals surface area contributed by atoms with Crippen LogP contribution in [0.25, 0.3) is 10.6 Å². The molecule has 25 heavy (non-hydrogen) atoms. The predicted octanol–water partition coefficient (Wildman–Crippen LogP) is 8.35. The van der Waals surface area contributed by atoms with E-state index in [1.807, 2.05) is 60.7 Å². The Kier molecular flexibility index (Phi) is 8.37. The average Bonchev–Trinajstić information content (AvgIpc) is 2.61. The van der Waals surface area contributed by atoms with Crippen LogP contribution in [-0.2, 0) is 17.0 Å². The molecule has 0 saturated heterocycles. The molecule has 0 atom stereocenters. The summed E-state index contributed by atoms with van der Waals surface area (Å²) in [5.74, 6) is 0. The molecular formula is C20H18Cl2N2Ti-2. The van der Waals surface area contributed by atoms with Gasteiger partial charge >= 0.3 is 35.6 Å². The molecule has 0 amide bonds. The van der Waals surface area contributed by atoms with Crippen LogP contribution in [0.2, 0.25) is 0 Å². The van der Waals surface area contributed by atoms with E-state index in [2.05, 4.69) is 26.0 Å². The molecule has 0 N–H and O–H groups in total. The van der Waals surface area contributed by atoms with Crippen LogP contribution in [0, 0.1) is 13.8 Å². The average molecular weight is 405 g/mol. The molecule has 128 valence electrons. The number of para-hydroxylation sites is 4. The second kappa shape index (κ2) is 10.5. The molecule has 0 aliphatic rings. The second-order valence-corrected chi connectivity index (χ2v) is 7.94. The second-order valence-electron chi connectivity index (χ2n) is 5.36. The number of nitrogens with zero attached hydrogens (tertiary/aromatic N) is 2. The monoisotopic (exact) mass is 404 g/mol. The molecule has 0 saturated carbocycles. The third-order valence-electron chi connectivity index (χ3n) is 3.59. The van der Waals surface area contributed by atoms with Gasteiger partial charge in [0.2, 0.25) is 0 Å². The summed E-state index contributed by atoms with van der Waals surface area (Å²) in [5, 5.41) is 9.55. The van der Waals surface area contributed by atoms with Gasteiger partial charge in [-0.2, -0.15) is 11.4 Å². The molecule has 0 aliphatic heterocycles. The van der Waals surface area contributed by atoms with E-state index in [4.69, 9.17) is 29.2 Å². The summed E-state index contributed by atoms with van der Waals surface area (Å²) < 4.78 is 0. The molecule has 0 aromatic heterocycles. The Morgan fingerprint density at radius 1 is 0.560 bits per heavy atom. The van der Waals surface area contributed by atoms with Crippen LogP contribution < -0.4 is 0 Å². The molecule has 3 aromatic carbocycles. The van der Waals surface area contributed by atoms with E-state index >= 15 is 0 Å². The van der Waals surface area contributed by atoms with Gasteiger partial charge in [0, 0.05) is 0 Å². The van der Waals surface area contributed by atoms with E-state index in [-0.39, 0.29) is 0 Å². The number of hydrogen-bond acceptors (Lipinski definition) is 0. The van der Waals surface area contributed by atoms with Crippen molar-refractivity contribution in [1.82, 2.24) is 0 Å². The third-order valence-corrected chi connectivity index (χ3v) is 3.59. The zero-order chi connectivity index (χ0) is 18.1. The molecule has 0 spiro atoms. The van der Waals surface area contributed by atoms with Crippen LogP contribution in [-0.4, -0.2) is 0 Å².